The summed E-state index contributed by atoms with van der Waals surface area (Å²) in [5, 5.41) is 3.12. The highest BCUT2D eigenvalue weighted by molar-refractivity contribution is 7.92. The zero-order chi connectivity index (χ0) is 22.4. The van der Waals surface area contributed by atoms with Gasteiger partial charge in [0.25, 0.3) is 5.91 Å². The predicted octanol–water partition coefficient (Wildman–Crippen LogP) is 3.33. The summed E-state index contributed by atoms with van der Waals surface area (Å²) in [6, 6.07) is 12.6. The Labute approximate surface area is 183 Å². The van der Waals surface area contributed by atoms with Gasteiger partial charge in [-0.2, -0.15) is 0 Å². The first kappa shape index (κ1) is 21.5. The van der Waals surface area contributed by atoms with Crippen LogP contribution in [0, 0.1) is 6.92 Å². The molecule has 31 heavy (non-hydrogen) atoms. The van der Waals surface area contributed by atoms with Crippen LogP contribution in [0.25, 0.3) is 0 Å². The van der Waals surface area contributed by atoms with Crippen LogP contribution < -0.4 is 19.1 Å². The van der Waals surface area contributed by atoms with Gasteiger partial charge in [-0.25, -0.2) is 8.42 Å². The molecule has 1 amide bonds. The highest BCUT2D eigenvalue weighted by atomic mass is 32.2. The monoisotopic (exact) mass is 444 g/mol. The lowest BCUT2D eigenvalue weighted by molar-refractivity contribution is -0.129. The highest BCUT2D eigenvalue weighted by Gasteiger charge is 2.37. The van der Waals surface area contributed by atoms with Crippen LogP contribution in [-0.2, 0) is 14.8 Å². The Morgan fingerprint density at radius 1 is 1.16 bits per heavy atom. The zero-order valence-electron chi connectivity index (χ0n) is 18.2. The Kier molecular flexibility index (Phi) is 5.37. The summed E-state index contributed by atoms with van der Waals surface area (Å²) in [6.07, 6.45) is 1.23. The first-order valence-corrected chi connectivity index (χ1v) is 12.2. The molecule has 166 valence electrons. The third-order valence-corrected chi connectivity index (χ3v) is 6.81. The summed E-state index contributed by atoms with van der Waals surface area (Å²) >= 11 is 0. The van der Waals surface area contributed by atoms with Gasteiger partial charge in [-0.1, -0.05) is 24.3 Å². The van der Waals surface area contributed by atoms with Crippen LogP contribution in [0.3, 0.4) is 0 Å². The number of nitrogens with one attached hydrogen (secondary N) is 1. The van der Waals surface area contributed by atoms with Crippen molar-refractivity contribution in [3.63, 3.8) is 0 Å². The number of hydrogen-bond donors (Lipinski definition) is 1. The Morgan fingerprint density at radius 2 is 1.90 bits per heavy atom. The minimum Gasteiger partial charge on any atom is -0.487 e. The summed E-state index contributed by atoms with van der Waals surface area (Å²) in [7, 11) is -3.49. The molecule has 0 bridgehead atoms. The maximum Gasteiger partial charge on any atom is 0.261 e. The Hall–Kier alpha value is -2.74. The molecule has 2 aromatic rings. The van der Waals surface area contributed by atoms with Crippen molar-refractivity contribution in [3.05, 3.63) is 53.6 Å². The molecule has 0 unspecified atom stereocenters. The molecule has 0 aliphatic carbocycles. The largest absolute Gasteiger partial charge is 0.487 e. The number of aryl methyl sites for hydroxylation is 1. The number of nitrogens with zero attached hydrogens (tertiary/aromatic N) is 1. The molecular weight excluding hydrogens is 416 g/mol. The van der Waals surface area contributed by atoms with Crippen molar-refractivity contribution in [2.24, 2.45) is 0 Å². The SMILES string of the molecule is Cc1ccc2c(c1)OC(C)(C)C[C@H]2NC(=O)[C@H]1CCN(S(C)(=O)=O)c2ccccc2O1. The number of ether oxygens (including phenoxy) is 2. The van der Waals surface area contributed by atoms with Crippen molar-refractivity contribution in [1.29, 1.82) is 0 Å². The number of carbonyl (C=O) groups is 1. The average molecular weight is 445 g/mol. The van der Waals surface area contributed by atoms with Crippen LogP contribution in [0.1, 0.15) is 43.9 Å². The average Bonchev–Trinajstić information content (AvgIpc) is 2.86. The van der Waals surface area contributed by atoms with Gasteiger partial charge in [-0.15, -0.1) is 0 Å². The Balaban J connectivity index is 1.59. The number of fused-ring (bicyclic) bond motifs is 2. The lowest BCUT2D eigenvalue weighted by Gasteiger charge is -2.38. The van der Waals surface area contributed by atoms with Gasteiger partial charge in [0.05, 0.1) is 18.0 Å². The van der Waals surface area contributed by atoms with Gasteiger partial charge < -0.3 is 14.8 Å². The van der Waals surface area contributed by atoms with E-state index in [1.54, 1.807) is 24.3 Å². The number of amides is 1. The fourth-order valence-corrected chi connectivity index (χ4v) is 5.16. The molecule has 0 spiro atoms. The highest BCUT2D eigenvalue weighted by Crippen LogP contribution is 2.40. The summed E-state index contributed by atoms with van der Waals surface area (Å²) in [6.45, 7) is 6.17. The van der Waals surface area contributed by atoms with Crippen molar-refractivity contribution in [1.82, 2.24) is 5.32 Å². The molecule has 1 N–H and O–H groups in total. The van der Waals surface area contributed by atoms with E-state index < -0.39 is 21.7 Å². The lowest BCUT2D eigenvalue weighted by Crippen LogP contribution is -2.46. The summed E-state index contributed by atoms with van der Waals surface area (Å²) in [5.74, 6) is 0.894. The molecule has 8 heteroatoms. The third kappa shape index (κ3) is 4.49. The second-order valence-corrected chi connectivity index (χ2v) is 10.8. The first-order valence-electron chi connectivity index (χ1n) is 10.4. The van der Waals surface area contributed by atoms with Crippen LogP contribution >= 0.6 is 0 Å². The lowest BCUT2D eigenvalue weighted by atomic mass is 9.89. The molecular formula is C23H28N2O5S. The molecule has 7 nitrogen and oxygen atoms in total. The molecule has 0 saturated heterocycles. The number of hydrogen-bond acceptors (Lipinski definition) is 5. The van der Waals surface area contributed by atoms with Gasteiger partial charge in [0, 0.05) is 24.9 Å². The fraction of sp³-hybridized carbons (Fsp3) is 0.435. The topological polar surface area (TPSA) is 84.9 Å². The van der Waals surface area contributed by atoms with Crippen molar-refractivity contribution in [3.8, 4) is 11.5 Å². The number of para-hydroxylation sites is 2. The van der Waals surface area contributed by atoms with E-state index in [1.165, 1.54) is 4.31 Å². The molecule has 2 atom stereocenters. The second-order valence-electron chi connectivity index (χ2n) is 8.87. The van der Waals surface area contributed by atoms with Crippen LogP contribution in [0.5, 0.6) is 11.5 Å². The smallest absolute Gasteiger partial charge is 0.261 e. The van der Waals surface area contributed by atoms with E-state index in [9.17, 15) is 13.2 Å². The molecule has 2 aliphatic heterocycles. The minimum absolute atomic E-state index is 0.170. The van der Waals surface area contributed by atoms with E-state index in [4.69, 9.17) is 9.47 Å². The second kappa shape index (κ2) is 7.75. The van der Waals surface area contributed by atoms with Crippen molar-refractivity contribution < 1.29 is 22.7 Å². The van der Waals surface area contributed by atoms with E-state index in [0.717, 1.165) is 23.1 Å². The van der Waals surface area contributed by atoms with E-state index >= 15 is 0 Å². The van der Waals surface area contributed by atoms with Crippen molar-refractivity contribution in [2.75, 3.05) is 17.1 Å². The van der Waals surface area contributed by atoms with Crippen LogP contribution in [-0.4, -0.2) is 38.8 Å². The fourth-order valence-electron chi connectivity index (χ4n) is 4.21. The Morgan fingerprint density at radius 3 is 2.65 bits per heavy atom. The van der Waals surface area contributed by atoms with Gasteiger partial charge >= 0.3 is 0 Å². The van der Waals surface area contributed by atoms with Crippen molar-refractivity contribution >= 4 is 21.6 Å². The maximum absolute atomic E-state index is 13.2. The molecule has 2 heterocycles. The molecule has 0 saturated carbocycles. The predicted molar refractivity (Wildman–Crippen MR) is 119 cm³/mol. The molecule has 0 fully saturated rings. The van der Waals surface area contributed by atoms with E-state index in [2.05, 4.69) is 5.32 Å². The molecule has 0 radical (unpaired) electrons. The Bertz CT molecular complexity index is 1110. The number of anilines is 1. The summed E-state index contributed by atoms with van der Waals surface area (Å²) < 4.78 is 38.0. The van der Waals surface area contributed by atoms with E-state index in [-0.39, 0.29) is 24.9 Å². The standard InChI is InChI=1S/C23H28N2O5S/c1-15-9-10-16-17(14-23(2,3)30-21(16)13-15)24-22(26)20-11-12-25(31(4,27)28)18-7-5-6-8-19(18)29-20/h5-10,13,17,20H,11-12,14H2,1-4H3,(H,24,26)/t17-,20-/m1/s1. The molecule has 2 aliphatic rings. The number of sulfonamides is 1. The number of benzene rings is 2. The quantitative estimate of drug-likeness (QED) is 0.785. The minimum atomic E-state index is -3.49. The van der Waals surface area contributed by atoms with E-state index in [1.807, 2.05) is 39.0 Å². The van der Waals surface area contributed by atoms with Crippen LogP contribution in [0.4, 0.5) is 5.69 Å². The summed E-state index contributed by atoms with van der Waals surface area (Å²) in [4.78, 5) is 13.2. The van der Waals surface area contributed by atoms with Crippen LogP contribution in [0.15, 0.2) is 42.5 Å². The molecule has 0 aromatic heterocycles. The first-order chi connectivity index (χ1) is 14.5. The normalized spacial score (nSPS) is 22.3. The van der Waals surface area contributed by atoms with Gasteiger partial charge in [0.1, 0.15) is 17.1 Å². The van der Waals surface area contributed by atoms with Gasteiger partial charge in [-0.3, -0.25) is 9.10 Å². The summed E-state index contributed by atoms with van der Waals surface area (Å²) in [5.41, 5.74) is 2.05. The van der Waals surface area contributed by atoms with Gasteiger partial charge in [0.2, 0.25) is 10.0 Å². The number of rotatable bonds is 3. The van der Waals surface area contributed by atoms with Crippen molar-refractivity contribution in [2.45, 2.75) is 51.4 Å². The maximum atomic E-state index is 13.2. The van der Waals surface area contributed by atoms with Crippen LogP contribution in [0.2, 0.25) is 0 Å². The number of carbonyl (C=O) groups excluding carboxylic acids is 1. The molecule has 2 aromatic carbocycles. The third-order valence-electron chi connectivity index (χ3n) is 5.63. The zero-order valence-corrected chi connectivity index (χ0v) is 19.0. The molecule has 4 rings (SSSR count). The van der Waals surface area contributed by atoms with Gasteiger partial charge in [-0.05, 0) is 44.5 Å². The van der Waals surface area contributed by atoms with E-state index in [0.29, 0.717) is 17.9 Å². The van der Waals surface area contributed by atoms with Gasteiger partial charge in [0.15, 0.2) is 6.10 Å².